The molecule has 4 rings (SSSR count). The molecule has 31 heavy (non-hydrogen) atoms. The first-order valence-corrected chi connectivity index (χ1v) is 10.3. The van der Waals surface area contributed by atoms with Crippen LogP contribution in [-0.2, 0) is 0 Å². The van der Waals surface area contributed by atoms with E-state index in [-0.39, 0.29) is 11.9 Å². The highest BCUT2D eigenvalue weighted by atomic mass is 35.5. The third-order valence-electron chi connectivity index (χ3n) is 5.03. The van der Waals surface area contributed by atoms with Crippen molar-refractivity contribution in [1.29, 1.82) is 0 Å². The van der Waals surface area contributed by atoms with Crippen LogP contribution in [0.3, 0.4) is 0 Å². The molecular formula is C21H22ClN7O2. The normalized spacial score (nSPS) is 12.1. The standard InChI is InChI=1S/C21H22ClN7O2/c1-4-15(12-23-21-27-16-11-14(22)6-8-18(16)31-21)28(3)20(30)19-17(7-5-13(2)26-19)29-24-9-10-25-29/h5-11,15H,4,12H2,1-3H3,(H,23,27). The predicted octanol–water partition coefficient (Wildman–Crippen LogP) is 3.73. The van der Waals surface area contributed by atoms with Gasteiger partial charge in [-0.25, -0.2) is 4.98 Å². The molecule has 0 spiro atoms. The average molecular weight is 440 g/mol. The van der Waals surface area contributed by atoms with Crippen LogP contribution in [0.25, 0.3) is 16.8 Å². The van der Waals surface area contributed by atoms with Gasteiger partial charge in [-0.2, -0.15) is 15.2 Å². The molecule has 1 aromatic carbocycles. The first kappa shape index (κ1) is 20.8. The molecule has 0 fully saturated rings. The number of hydrogen-bond donors (Lipinski definition) is 1. The second kappa shape index (κ2) is 8.73. The van der Waals surface area contributed by atoms with Crippen molar-refractivity contribution in [3.63, 3.8) is 0 Å². The van der Waals surface area contributed by atoms with Crippen molar-refractivity contribution >= 4 is 34.6 Å². The number of hydrogen-bond acceptors (Lipinski definition) is 7. The van der Waals surface area contributed by atoms with E-state index in [1.165, 1.54) is 4.80 Å². The van der Waals surface area contributed by atoms with Crippen LogP contribution >= 0.6 is 11.6 Å². The van der Waals surface area contributed by atoms with E-state index in [1.54, 1.807) is 48.6 Å². The number of fused-ring (bicyclic) bond motifs is 1. The number of likely N-dealkylation sites (N-methyl/N-ethyl adjacent to an activating group) is 1. The molecule has 0 aliphatic rings. The summed E-state index contributed by atoms with van der Waals surface area (Å²) in [5, 5.41) is 12.1. The molecule has 0 saturated carbocycles. The molecule has 0 saturated heterocycles. The summed E-state index contributed by atoms with van der Waals surface area (Å²) in [4.78, 5) is 25.3. The van der Waals surface area contributed by atoms with Crippen LogP contribution in [0.2, 0.25) is 5.02 Å². The second-order valence-electron chi connectivity index (χ2n) is 7.13. The quantitative estimate of drug-likeness (QED) is 0.468. The van der Waals surface area contributed by atoms with E-state index in [0.29, 0.717) is 40.1 Å². The minimum Gasteiger partial charge on any atom is -0.424 e. The molecule has 3 heterocycles. The molecule has 9 nitrogen and oxygen atoms in total. The van der Waals surface area contributed by atoms with E-state index in [1.807, 2.05) is 19.9 Å². The first-order chi connectivity index (χ1) is 15.0. The first-order valence-electron chi connectivity index (χ1n) is 9.87. The summed E-state index contributed by atoms with van der Waals surface area (Å²) >= 11 is 6.01. The van der Waals surface area contributed by atoms with Gasteiger partial charge in [0.15, 0.2) is 11.3 Å². The van der Waals surface area contributed by atoms with Crippen LogP contribution in [0, 0.1) is 6.92 Å². The van der Waals surface area contributed by atoms with Crippen LogP contribution in [0.1, 0.15) is 29.5 Å². The molecule has 0 aliphatic carbocycles. The number of halogens is 1. The van der Waals surface area contributed by atoms with Crippen LogP contribution in [-0.4, -0.2) is 55.4 Å². The number of carbonyl (C=O) groups is 1. The van der Waals surface area contributed by atoms with Crippen molar-refractivity contribution in [2.45, 2.75) is 26.3 Å². The maximum Gasteiger partial charge on any atom is 0.295 e. The summed E-state index contributed by atoms with van der Waals surface area (Å²) in [5.41, 5.74) is 2.89. The van der Waals surface area contributed by atoms with Crippen LogP contribution in [0.15, 0.2) is 47.1 Å². The van der Waals surface area contributed by atoms with Crippen LogP contribution in [0.5, 0.6) is 0 Å². The van der Waals surface area contributed by atoms with Gasteiger partial charge in [-0.15, -0.1) is 4.80 Å². The van der Waals surface area contributed by atoms with E-state index in [4.69, 9.17) is 16.0 Å². The second-order valence-corrected chi connectivity index (χ2v) is 7.57. The number of aryl methyl sites for hydroxylation is 1. The number of nitrogens with zero attached hydrogens (tertiary/aromatic N) is 6. The summed E-state index contributed by atoms with van der Waals surface area (Å²) in [6.45, 7) is 4.32. The van der Waals surface area contributed by atoms with Gasteiger partial charge in [0, 0.05) is 30.4 Å². The smallest absolute Gasteiger partial charge is 0.295 e. The lowest BCUT2D eigenvalue weighted by Crippen LogP contribution is -2.41. The number of benzene rings is 1. The predicted molar refractivity (Wildman–Crippen MR) is 118 cm³/mol. The summed E-state index contributed by atoms with van der Waals surface area (Å²) in [5.74, 6) is -0.214. The van der Waals surface area contributed by atoms with Crippen molar-refractivity contribution in [1.82, 2.24) is 29.9 Å². The molecular weight excluding hydrogens is 418 g/mol. The molecule has 0 radical (unpaired) electrons. The molecule has 1 atom stereocenters. The maximum absolute atomic E-state index is 13.3. The van der Waals surface area contributed by atoms with Crippen molar-refractivity contribution < 1.29 is 9.21 Å². The fraction of sp³-hybridized carbons (Fsp3) is 0.286. The van der Waals surface area contributed by atoms with E-state index in [9.17, 15) is 4.79 Å². The Bertz CT molecular complexity index is 1210. The van der Waals surface area contributed by atoms with E-state index >= 15 is 0 Å². The van der Waals surface area contributed by atoms with Crippen molar-refractivity contribution in [3.05, 3.63) is 59.1 Å². The minimum atomic E-state index is -0.214. The van der Waals surface area contributed by atoms with Gasteiger partial charge >= 0.3 is 0 Å². The SMILES string of the molecule is CCC(CNc1nc2cc(Cl)ccc2o1)N(C)C(=O)c1nc(C)ccc1-n1nccn1. The molecule has 1 amide bonds. The van der Waals surface area contributed by atoms with Gasteiger partial charge in [-0.05, 0) is 43.7 Å². The van der Waals surface area contributed by atoms with Crippen molar-refractivity contribution in [2.75, 3.05) is 18.9 Å². The Hall–Kier alpha value is -3.46. The van der Waals surface area contributed by atoms with E-state index < -0.39 is 0 Å². The fourth-order valence-corrected chi connectivity index (χ4v) is 3.44. The number of pyridine rings is 1. The molecule has 1 unspecified atom stereocenters. The number of nitrogens with one attached hydrogen (secondary N) is 1. The lowest BCUT2D eigenvalue weighted by molar-refractivity contribution is 0.0729. The Labute approximate surface area is 184 Å². The lowest BCUT2D eigenvalue weighted by Gasteiger charge is -2.27. The number of anilines is 1. The number of carbonyl (C=O) groups excluding carboxylic acids is 1. The highest BCUT2D eigenvalue weighted by Gasteiger charge is 2.25. The van der Waals surface area contributed by atoms with Crippen molar-refractivity contribution in [2.24, 2.45) is 0 Å². The zero-order chi connectivity index (χ0) is 22.0. The van der Waals surface area contributed by atoms with Gasteiger partial charge in [0.1, 0.15) is 11.2 Å². The van der Waals surface area contributed by atoms with Gasteiger partial charge in [0.25, 0.3) is 11.9 Å². The van der Waals surface area contributed by atoms with Gasteiger partial charge in [0.05, 0.1) is 12.4 Å². The lowest BCUT2D eigenvalue weighted by atomic mass is 10.1. The Morgan fingerprint density at radius 1 is 1.23 bits per heavy atom. The average Bonchev–Trinajstić information content (AvgIpc) is 3.43. The van der Waals surface area contributed by atoms with Crippen molar-refractivity contribution in [3.8, 4) is 5.69 Å². The third kappa shape index (κ3) is 4.36. The van der Waals surface area contributed by atoms with Crippen LogP contribution < -0.4 is 5.32 Å². The number of rotatable bonds is 7. The molecule has 160 valence electrons. The highest BCUT2D eigenvalue weighted by molar-refractivity contribution is 6.31. The van der Waals surface area contributed by atoms with Crippen LogP contribution in [0.4, 0.5) is 6.01 Å². The monoisotopic (exact) mass is 439 g/mol. The third-order valence-corrected chi connectivity index (χ3v) is 5.26. The number of amides is 1. The molecule has 10 heteroatoms. The Morgan fingerprint density at radius 3 is 2.74 bits per heavy atom. The van der Waals surface area contributed by atoms with Gasteiger partial charge in [0.2, 0.25) is 0 Å². The highest BCUT2D eigenvalue weighted by Crippen LogP contribution is 2.23. The molecule has 0 bridgehead atoms. The Balaban J connectivity index is 1.52. The zero-order valence-electron chi connectivity index (χ0n) is 17.4. The maximum atomic E-state index is 13.3. The van der Waals surface area contributed by atoms with E-state index in [2.05, 4.69) is 25.5 Å². The summed E-state index contributed by atoms with van der Waals surface area (Å²) in [7, 11) is 1.76. The minimum absolute atomic E-state index is 0.119. The van der Waals surface area contributed by atoms with E-state index in [0.717, 1.165) is 12.1 Å². The van der Waals surface area contributed by atoms with Gasteiger partial charge in [-0.3, -0.25) is 4.79 Å². The topological polar surface area (TPSA) is 102 Å². The fourth-order valence-electron chi connectivity index (χ4n) is 3.28. The molecule has 3 aromatic heterocycles. The molecule has 4 aromatic rings. The summed E-state index contributed by atoms with van der Waals surface area (Å²) in [6, 6.07) is 9.16. The molecule has 1 N–H and O–H groups in total. The summed E-state index contributed by atoms with van der Waals surface area (Å²) < 4.78 is 5.71. The number of aromatic nitrogens is 5. The zero-order valence-corrected chi connectivity index (χ0v) is 18.2. The van der Waals surface area contributed by atoms with Gasteiger partial charge < -0.3 is 14.6 Å². The Kier molecular flexibility index (Phi) is 5.85. The number of oxazole rings is 1. The summed E-state index contributed by atoms with van der Waals surface area (Å²) in [6.07, 6.45) is 3.84. The van der Waals surface area contributed by atoms with Gasteiger partial charge in [-0.1, -0.05) is 18.5 Å². The molecule has 0 aliphatic heterocycles. The Morgan fingerprint density at radius 2 is 2.00 bits per heavy atom. The largest absolute Gasteiger partial charge is 0.424 e.